The highest BCUT2D eigenvalue weighted by Crippen LogP contribution is 2.29. The quantitative estimate of drug-likeness (QED) is 0.587. The molecule has 0 aliphatic heterocycles. The van der Waals surface area contributed by atoms with Gasteiger partial charge in [-0.3, -0.25) is 0 Å². The van der Waals surface area contributed by atoms with Crippen LogP contribution < -0.4 is 0 Å². The van der Waals surface area contributed by atoms with E-state index in [0.29, 0.717) is 5.92 Å². The minimum Gasteiger partial charge on any atom is -0.305 e. The highest BCUT2D eigenvalue weighted by atomic mass is 14.4. The van der Waals surface area contributed by atoms with Crippen molar-refractivity contribution < 1.29 is 0 Å². The maximum atomic E-state index is 7.60. The third-order valence-electron chi connectivity index (χ3n) is 2.60. The summed E-state index contributed by atoms with van der Waals surface area (Å²) in [5.74, 6) is 1.32. The van der Waals surface area contributed by atoms with Crippen LogP contribution in [0.1, 0.15) is 32.6 Å². The lowest BCUT2D eigenvalue weighted by Gasteiger charge is -2.25. The van der Waals surface area contributed by atoms with E-state index in [-0.39, 0.29) is 0 Å². The summed E-state index contributed by atoms with van der Waals surface area (Å²) >= 11 is 0. The zero-order chi connectivity index (χ0) is 8.27. The molecule has 1 fully saturated rings. The molecule has 1 aliphatic rings. The van der Waals surface area contributed by atoms with Gasteiger partial charge in [0.1, 0.15) is 0 Å². The largest absolute Gasteiger partial charge is 0.305 e. The summed E-state index contributed by atoms with van der Waals surface area (Å²) in [5, 5.41) is 7.60. The summed E-state index contributed by atoms with van der Waals surface area (Å²) in [6.45, 7) is 5.92. The predicted molar refractivity (Wildman–Crippen MR) is 49.0 cm³/mol. The van der Waals surface area contributed by atoms with Crippen molar-refractivity contribution in [3.05, 3.63) is 12.7 Å². The van der Waals surface area contributed by atoms with Crippen molar-refractivity contribution in [3.8, 4) is 0 Å². The van der Waals surface area contributed by atoms with Crippen LogP contribution in [0.2, 0.25) is 0 Å². The molecular weight excluding hydrogens is 134 g/mol. The summed E-state index contributed by atoms with van der Waals surface area (Å²) in [6.07, 6.45) is 6.74. The molecule has 1 saturated carbocycles. The average Bonchev–Trinajstić information content (AvgIpc) is 2.03. The maximum absolute atomic E-state index is 7.60. The number of hydrogen-bond donors (Lipinski definition) is 1. The molecule has 0 saturated heterocycles. The molecule has 0 radical (unpaired) electrons. The number of nitrogens with one attached hydrogen (secondary N) is 1. The molecule has 11 heavy (non-hydrogen) atoms. The van der Waals surface area contributed by atoms with Crippen molar-refractivity contribution in [1.82, 2.24) is 0 Å². The summed E-state index contributed by atoms with van der Waals surface area (Å²) in [4.78, 5) is 0. The third-order valence-corrected chi connectivity index (χ3v) is 2.60. The second-order valence-electron chi connectivity index (χ2n) is 3.63. The minimum atomic E-state index is 0.510. The van der Waals surface area contributed by atoms with E-state index >= 15 is 0 Å². The van der Waals surface area contributed by atoms with Gasteiger partial charge in [0.15, 0.2) is 0 Å². The lowest BCUT2D eigenvalue weighted by atomic mass is 9.80. The first kappa shape index (κ1) is 8.51. The van der Waals surface area contributed by atoms with Crippen molar-refractivity contribution in [1.29, 1.82) is 5.41 Å². The Balaban J connectivity index is 2.45. The number of rotatable bonds is 2. The van der Waals surface area contributed by atoms with E-state index in [0.717, 1.165) is 11.6 Å². The molecule has 1 aliphatic carbocycles. The van der Waals surface area contributed by atoms with Crippen LogP contribution in [0.4, 0.5) is 0 Å². The zero-order valence-corrected chi connectivity index (χ0v) is 7.27. The fourth-order valence-electron chi connectivity index (χ4n) is 1.88. The van der Waals surface area contributed by atoms with Gasteiger partial charge in [0.05, 0.1) is 0 Å². The molecule has 0 spiro atoms. The fourth-order valence-corrected chi connectivity index (χ4v) is 1.88. The SMILES string of the molecule is C=CC(=N)C1CCCC(C)C1. The van der Waals surface area contributed by atoms with Crippen molar-refractivity contribution in [2.24, 2.45) is 11.8 Å². The van der Waals surface area contributed by atoms with Crippen LogP contribution in [0.5, 0.6) is 0 Å². The fraction of sp³-hybridized carbons (Fsp3) is 0.700. The van der Waals surface area contributed by atoms with Gasteiger partial charge in [-0.05, 0) is 24.8 Å². The van der Waals surface area contributed by atoms with Crippen LogP contribution in [0.25, 0.3) is 0 Å². The second-order valence-corrected chi connectivity index (χ2v) is 3.63. The van der Waals surface area contributed by atoms with E-state index in [1.807, 2.05) is 0 Å². The second kappa shape index (κ2) is 3.70. The van der Waals surface area contributed by atoms with E-state index in [4.69, 9.17) is 5.41 Å². The normalized spacial score (nSPS) is 31.4. The van der Waals surface area contributed by atoms with E-state index in [1.165, 1.54) is 25.7 Å². The van der Waals surface area contributed by atoms with Crippen LogP contribution in [0, 0.1) is 17.2 Å². The summed E-state index contributed by atoms with van der Waals surface area (Å²) in [6, 6.07) is 0. The number of allylic oxidation sites excluding steroid dienone is 1. The Kier molecular flexibility index (Phi) is 2.86. The molecule has 1 N–H and O–H groups in total. The first-order valence-corrected chi connectivity index (χ1v) is 4.45. The first-order chi connectivity index (χ1) is 5.24. The smallest absolute Gasteiger partial charge is 0.0339 e. The van der Waals surface area contributed by atoms with Crippen LogP contribution in [0.3, 0.4) is 0 Å². The van der Waals surface area contributed by atoms with Crippen LogP contribution in [0.15, 0.2) is 12.7 Å². The molecule has 0 aromatic heterocycles. The molecular formula is C10H17N. The Hall–Kier alpha value is -0.590. The molecule has 1 heteroatoms. The van der Waals surface area contributed by atoms with Gasteiger partial charge in [0, 0.05) is 11.6 Å². The Morgan fingerprint density at radius 3 is 2.82 bits per heavy atom. The molecule has 0 aromatic carbocycles. The van der Waals surface area contributed by atoms with Gasteiger partial charge in [-0.1, -0.05) is 26.3 Å². The minimum absolute atomic E-state index is 0.510. The van der Waals surface area contributed by atoms with Crippen LogP contribution in [-0.4, -0.2) is 5.71 Å². The van der Waals surface area contributed by atoms with Gasteiger partial charge >= 0.3 is 0 Å². The Morgan fingerprint density at radius 1 is 1.55 bits per heavy atom. The van der Waals surface area contributed by atoms with Gasteiger partial charge < -0.3 is 5.41 Å². The van der Waals surface area contributed by atoms with Crippen molar-refractivity contribution in [2.45, 2.75) is 32.6 Å². The highest BCUT2D eigenvalue weighted by Gasteiger charge is 2.20. The standard InChI is InChI=1S/C10H17N/c1-3-10(11)9-6-4-5-8(2)7-9/h3,8-9,11H,1,4-7H2,2H3. The Labute approximate surface area is 69.0 Å². The molecule has 1 rings (SSSR count). The Morgan fingerprint density at radius 2 is 2.27 bits per heavy atom. The van der Waals surface area contributed by atoms with Gasteiger partial charge in [-0.15, -0.1) is 0 Å². The van der Waals surface area contributed by atoms with E-state index in [1.54, 1.807) is 6.08 Å². The van der Waals surface area contributed by atoms with Gasteiger partial charge in [0.25, 0.3) is 0 Å². The zero-order valence-electron chi connectivity index (χ0n) is 7.27. The van der Waals surface area contributed by atoms with Crippen LogP contribution in [-0.2, 0) is 0 Å². The molecule has 1 nitrogen and oxygen atoms in total. The third kappa shape index (κ3) is 2.18. The van der Waals surface area contributed by atoms with Crippen molar-refractivity contribution in [3.63, 3.8) is 0 Å². The average molecular weight is 151 g/mol. The van der Waals surface area contributed by atoms with Crippen molar-refractivity contribution >= 4 is 5.71 Å². The molecule has 2 atom stereocenters. The lowest BCUT2D eigenvalue weighted by molar-refractivity contribution is 0.339. The first-order valence-electron chi connectivity index (χ1n) is 4.45. The Bertz CT molecular complexity index is 160. The monoisotopic (exact) mass is 151 g/mol. The molecule has 2 unspecified atom stereocenters. The van der Waals surface area contributed by atoms with Gasteiger partial charge in [0.2, 0.25) is 0 Å². The summed E-state index contributed by atoms with van der Waals surface area (Å²) in [5.41, 5.74) is 0.747. The van der Waals surface area contributed by atoms with E-state index < -0.39 is 0 Å². The molecule has 0 aromatic rings. The topological polar surface area (TPSA) is 23.9 Å². The summed E-state index contributed by atoms with van der Waals surface area (Å²) < 4.78 is 0. The van der Waals surface area contributed by atoms with E-state index in [2.05, 4.69) is 13.5 Å². The maximum Gasteiger partial charge on any atom is 0.0339 e. The molecule has 0 amide bonds. The van der Waals surface area contributed by atoms with Crippen molar-refractivity contribution in [2.75, 3.05) is 0 Å². The summed E-state index contributed by atoms with van der Waals surface area (Å²) in [7, 11) is 0. The molecule has 62 valence electrons. The predicted octanol–water partition coefficient (Wildman–Crippen LogP) is 3.02. The highest BCUT2D eigenvalue weighted by molar-refractivity contribution is 5.93. The van der Waals surface area contributed by atoms with Gasteiger partial charge in [-0.25, -0.2) is 0 Å². The molecule has 0 heterocycles. The van der Waals surface area contributed by atoms with Gasteiger partial charge in [-0.2, -0.15) is 0 Å². The van der Waals surface area contributed by atoms with E-state index in [9.17, 15) is 0 Å². The van der Waals surface area contributed by atoms with Crippen LogP contribution >= 0.6 is 0 Å². The lowest BCUT2D eigenvalue weighted by Crippen LogP contribution is -2.19. The molecule has 0 bridgehead atoms. The number of hydrogen-bond acceptors (Lipinski definition) is 1.